The number of rotatable bonds is 14. The summed E-state index contributed by atoms with van der Waals surface area (Å²) in [4.78, 5) is 21.9. The van der Waals surface area contributed by atoms with Crippen molar-refractivity contribution < 1.29 is 34.4 Å². The van der Waals surface area contributed by atoms with Gasteiger partial charge in [0.05, 0.1) is 13.2 Å². The third-order valence-corrected chi connectivity index (χ3v) is 4.22. The van der Waals surface area contributed by atoms with Gasteiger partial charge in [-0.2, -0.15) is 0 Å². The van der Waals surface area contributed by atoms with Gasteiger partial charge >= 0.3 is 5.97 Å². The lowest BCUT2D eigenvalue weighted by Crippen LogP contribution is -2.21. The van der Waals surface area contributed by atoms with Crippen molar-refractivity contribution in [3.63, 3.8) is 0 Å². The Balaban J connectivity index is 0.000000561. The maximum Gasteiger partial charge on any atom is 0.305 e. The molecule has 0 aromatic heterocycles. The third kappa shape index (κ3) is 14.8. The predicted octanol–water partition coefficient (Wildman–Crippen LogP) is 3.56. The number of unbranched alkanes of at least 4 members (excludes halogenated alkanes) is 4. The number of aryl methyl sites for hydroxylation is 1. The van der Waals surface area contributed by atoms with Crippen LogP contribution in [0, 0.1) is 0 Å². The van der Waals surface area contributed by atoms with Crippen LogP contribution in [0.5, 0.6) is 11.5 Å². The standard InChI is InChI=1S/C12H16O3.C11H22O4/c1-3-15-12-8-10(5-4-9(2)13)6-7-11(12)14;1-2-3-4-5-6-7-11(14)15-9-10(13)8-12/h6-8,14H,3-5H2,1-2H3;10,12-13H,2-9H2,1H3. The number of ketones is 1. The van der Waals surface area contributed by atoms with Crippen LogP contribution < -0.4 is 4.74 Å². The number of Topliss-reactive ketones (excluding diaryl/α,β-unsaturated/α-hetero) is 1. The fourth-order valence-corrected chi connectivity index (χ4v) is 2.49. The summed E-state index contributed by atoms with van der Waals surface area (Å²) in [6.45, 7) is 5.62. The molecule has 7 heteroatoms. The number of ether oxygens (including phenoxy) is 2. The first-order valence-corrected chi connectivity index (χ1v) is 10.7. The lowest BCUT2D eigenvalue weighted by Gasteiger charge is -2.08. The van der Waals surface area contributed by atoms with Crippen molar-refractivity contribution in [2.75, 3.05) is 19.8 Å². The molecule has 0 fully saturated rings. The SMILES string of the molecule is CCCCCCCC(=O)OCC(O)CO.CCOc1cc(CCC(C)=O)ccc1O. The van der Waals surface area contributed by atoms with Crippen LogP contribution in [0.4, 0.5) is 0 Å². The Morgan fingerprint density at radius 2 is 1.77 bits per heavy atom. The normalized spacial score (nSPS) is 11.2. The second-order valence-electron chi connectivity index (χ2n) is 7.12. The zero-order valence-electron chi connectivity index (χ0n) is 18.6. The molecule has 0 saturated carbocycles. The van der Waals surface area contributed by atoms with Crippen LogP contribution in [-0.2, 0) is 20.7 Å². The number of hydrogen-bond acceptors (Lipinski definition) is 7. The van der Waals surface area contributed by atoms with Crippen molar-refractivity contribution in [2.24, 2.45) is 0 Å². The van der Waals surface area contributed by atoms with E-state index in [9.17, 15) is 14.7 Å². The molecule has 3 N–H and O–H groups in total. The Kier molecular flexibility index (Phi) is 16.5. The highest BCUT2D eigenvalue weighted by molar-refractivity contribution is 5.75. The summed E-state index contributed by atoms with van der Waals surface area (Å²) in [5.41, 5.74) is 1.01. The summed E-state index contributed by atoms with van der Waals surface area (Å²) in [5.74, 6) is 0.502. The zero-order chi connectivity index (χ0) is 22.8. The fraction of sp³-hybridized carbons (Fsp3) is 0.652. The van der Waals surface area contributed by atoms with E-state index < -0.39 is 6.10 Å². The molecule has 1 atom stereocenters. The molecule has 1 rings (SSSR count). The van der Waals surface area contributed by atoms with E-state index in [2.05, 4.69) is 6.92 Å². The first-order valence-electron chi connectivity index (χ1n) is 10.7. The van der Waals surface area contributed by atoms with Gasteiger partial charge in [0.2, 0.25) is 0 Å². The number of benzene rings is 1. The number of carbonyl (C=O) groups is 2. The van der Waals surface area contributed by atoms with Crippen LogP contribution in [0.1, 0.15) is 71.3 Å². The van der Waals surface area contributed by atoms with Crippen LogP contribution in [-0.4, -0.2) is 53.0 Å². The Bertz CT molecular complexity index is 601. The highest BCUT2D eigenvalue weighted by atomic mass is 16.5. The average Bonchev–Trinajstić information content (AvgIpc) is 2.73. The molecule has 0 aliphatic rings. The van der Waals surface area contributed by atoms with Crippen LogP contribution in [0.25, 0.3) is 0 Å². The van der Waals surface area contributed by atoms with Crippen molar-refractivity contribution in [1.82, 2.24) is 0 Å². The topological polar surface area (TPSA) is 113 Å². The molecule has 1 unspecified atom stereocenters. The molecular weight excluding hydrogens is 388 g/mol. The first kappa shape index (κ1) is 27.9. The van der Waals surface area contributed by atoms with E-state index in [1.165, 1.54) is 12.8 Å². The Morgan fingerprint density at radius 3 is 2.37 bits per heavy atom. The number of aliphatic hydroxyl groups excluding tert-OH is 2. The summed E-state index contributed by atoms with van der Waals surface area (Å²) in [5, 5.41) is 26.9. The maximum absolute atomic E-state index is 11.1. The highest BCUT2D eigenvalue weighted by Gasteiger charge is 2.07. The van der Waals surface area contributed by atoms with Crippen molar-refractivity contribution in [2.45, 2.75) is 78.2 Å². The minimum Gasteiger partial charge on any atom is -0.504 e. The summed E-state index contributed by atoms with van der Waals surface area (Å²) >= 11 is 0. The second-order valence-corrected chi connectivity index (χ2v) is 7.12. The van der Waals surface area contributed by atoms with Gasteiger partial charge in [-0.25, -0.2) is 0 Å². The van der Waals surface area contributed by atoms with Gasteiger partial charge < -0.3 is 29.6 Å². The largest absolute Gasteiger partial charge is 0.504 e. The zero-order valence-corrected chi connectivity index (χ0v) is 18.6. The molecule has 0 amide bonds. The van der Waals surface area contributed by atoms with Crippen LogP contribution >= 0.6 is 0 Å². The molecule has 0 aliphatic carbocycles. The van der Waals surface area contributed by atoms with Gasteiger partial charge in [-0.15, -0.1) is 0 Å². The molecule has 0 heterocycles. The Morgan fingerprint density at radius 1 is 1.07 bits per heavy atom. The molecule has 1 aromatic rings. The highest BCUT2D eigenvalue weighted by Crippen LogP contribution is 2.27. The van der Waals surface area contributed by atoms with Gasteiger partial charge in [-0.05, 0) is 44.4 Å². The summed E-state index contributed by atoms with van der Waals surface area (Å²) in [7, 11) is 0. The number of esters is 1. The molecule has 0 aliphatic heterocycles. The second kappa shape index (κ2) is 17.7. The molecule has 1 aromatic carbocycles. The van der Waals surface area contributed by atoms with E-state index in [-0.39, 0.29) is 30.7 Å². The van der Waals surface area contributed by atoms with Gasteiger partial charge in [0, 0.05) is 12.8 Å². The fourth-order valence-electron chi connectivity index (χ4n) is 2.49. The van der Waals surface area contributed by atoms with Crippen LogP contribution in [0.2, 0.25) is 0 Å². The smallest absolute Gasteiger partial charge is 0.305 e. The van der Waals surface area contributed by atoms with E-state index in [1.807, 2.05) is 6.92 Å². The third-order valence-electron chi connectivity index (χ3n) is 4.22. The Labute approximate surface area is 180 Å². The number of aliphatic hydroxyl groups is 2. The van der Waals surface area contributed by atoms with E-state index in [1.54, 1.807) is 25.1 Å². The number of phenolic OH excluding ortho intramolecular Hbond substituents is 1. The maximum atomic E-state index is 11.1. The number of aromatic hydroxyl groups is 1. The van der Waals surface area contributed by atoms with Gasteiger partial charge in [-0.3, -0.25) is 4.79 Å². The molecular formula is C23H38O7. The lowest BCUT2D eigenvalue weighted by atomic mass is 10.1. The molecule has 0 radical (unpaired) electrons. The van der Waals surface area contributed by atoms with Gasteiger partial charge in [0.1, 0.15) is 18.5 Å². The number of hydrogen-bond donors (Lipinski definition) is 3. The monoisotopic (exact) mass is 426 g/mol. The quantitative estimate of drug-likeness (QED) is 0.308. The Hall–Kier alpha value is -2.12. The van der Waals surface area contributed by atoms with Crippen LogP contribution in [0.15, 0.2) is 18.2 Å². The van der Waals surface area contributed by atoms with Gasteiger partial charge in [-0.1, -0.05) is 38.7 Å². The van der Waals surface area contributed by atoms with Crippen molar-refractivity contribution in [3.8, 4) is 11.5 Å². The van der Waals surface area contributed by atoms with Crippen molar-refractivity contribution in [1.29, 1.82) is 0 Å². The van der Waals surface area contributed by atoms with Gasteiger partial charge in [0.25, 0.3) is 0 Å². The predicted molar refractivity (Wildman–Crippen MR) is 116 cm³/mol. The van der Waals surface area contributed by atoms with E-state index >= 15 is 0 Å². The van der Waals surface area contributed by atoms with Gasteiger partial charge in [0.15, 0.2) is 11.5 Å². The molecule has 7 nitrogen and oxygen atoms in total. The number of phenols is 1. The summed E-state index contributed by atoms with van der Waals surface area (Å²) < 4.78 is 10.0. The van der Waals surface area contributed by atoms with E-state index in [0.29, 0.717) is 31.6 Å². The average molecular weight is 427 g/mol. The lowest BCUT2D eigenvalue weighted by molar-refractivity contribution is -0.147. The van der Waals surface area contributed by atoms with E-state index in [4.69, 9.17) is 19.7 Å². The summed E-state index contributed by atoms with van der Waals surface area (Å²) in [6.07, 6.45) is 6.11. The van der Waals surface area contributed by atoms with Crippen molar-refractivity contribution >= 4 is 11.8 Å². The molecule has 30 heavy (non-hydrogen) atoms. The first-order chi connectivity index (χ1) is 14.3. The number of carbonyl (C=O) groups excluding carboxylic acids is 2. The molecule has 0 bridgehead atoms. The molecule has 172 valence electrons. The van der Waals surface area contributed by atoms with Crippen molar-refractivity contribution in [3.05, 3.63) is 23.8 Å². The molecule has 0 spiro atoms. The minimum absolute atomic E-state index is 0.107. The minimum atomic E-state index is -0.950. The molecule has 0 saturated heterocycles. The van der Waals surface area contributed by atoms with E-state index in [0.717, 1.165) is 24.8 Å². The summed E-state index contributed by atoms with van der Waals surface area (Å²) in [6, 6.07) is 5.18. The van der Waals surface area contributed by atoms with Crippen LogP contribution in [0.3, 0.4) is 0 Å².